The normalized spacial score (nSPS) is 10.2. The van der Waals surface area contributed by atoms with Crippen LogP contribution < -0.4 is 4.90 Å². The van der Waals surface area contributed by atoms with Crippen LogP contribution in [0.3, 0.4) is 0 Å². The van der Waals surface area contributed by atoms with Crippen LogP contribution in [0.25, 0.3) is 0 Å². The Morgan fingerprint density at radius 1 is 1.43 bits per heavy atom. The zero-order valence-electron chi connectivity index (χ0n) is 9.16. The number of ether oxygens (including phenoxy) is 1. The van der Waals surface area contributed by atoms with Crippen LogP contribution in [-0.4, -0.2) is 32.3 Å². The molecule has 0 unspecified atom stereocenters. The summed E-state index contributed by atoms with van der Waals surface area (Å²) in [5.41, 5.74) is 2.42. The number of rotatable bonds is 5. The molecule has 0 fully saturated rings. The average molecular weight is 194 g/mol. The van der Waals surface area contributed by atoms with Gasteiger partial charge in [0, 0.05) is 26.9 Å². The van der Waals surface area contributed by atoms with Crippen molar-refractivity contribution in [1.82, 2.24) is 4.98 Å². The minimum Gasteiger partial charge on any atom is -0.383 e. The predicted octanol–water partition coefficient (Wildman–Crippen LogP) is 1.73. The highest BCUT2D eigenvalue weighted by Crippen LogP contribution is 2.12. The molecular formula is C11H18N2O. The molecule has 3 heteroatoms. The zero-order valence-corrected chi connectivity index (χ0v) is 9.16. The Labute approximate surface area is 85.7 Å². The molecule has 3 nitrogen and oxygen atoms in total. The molecule has 0 N–H and O–H groups in total. The molecule has 78 valence electrons. The second kappa shape index (κ2) is 5.60. The van der Waals surface area contributed by atoms with E-state index in [-0.39, 0.29) is 0 Å². The third kappa shape index (κ3) is 3.00. The Bertz CT molecular complexity index is 276. The molecule has 1 heterocycles. The number of aromatic nitrogens is 1. The molecule has 1 rings (SSSR count). The lowest BCUT2D eigenvalue weighted by Crippen LogP contribution is -2.22. The summed E-state index contributed by atoms with van der Waals surface area (Å²) in [5.74, 6) is 0. The van der Waals surface area contributed by atoms with Gasteiger partial charge in [0.2, 0.25) is 0 Å². The Balaban J connectivity index is 2.64. The first kappa shape index (κ1) is 11.0. The first-order chi connectivity index (χ1) is 6.77. The van der Waals surface area contributed by atoms with E-state index >= 15 is 0 Å². The fourth-order valence-corrected chi connectivity index (χ4v) is 1.23. The zero-order chi connectivity index (χ0) is 10.4. The first-order valence-corrected chi connectivity index (χ1v) is 4.92. The topological polar surface area (TPSA) is 25.4 Å². The van der Waals surface area contributed by atoms with Crippen molar-refractivity contribution in [2.75, 3.05) is 32.2 Å². The molecule has 0 aromatic carbocycles. The maximum Gasteiger partial charge on any atom is 0.0637 e. The Morgan fingerprint density at radius 2 is 2.21 bits per heavy atom. The fraction of sp³-hybridized carbons (Fsp3) is 0.545. The van der Waals surface area contributed by atoms with Gasteiger partial charge in [-0.1, -0.05) is 6.92 Å². The SMILES string of the molecule is CCc1cncc(N(C)CCOC)c1. The Morgan fingerprint density at radius 3 is 2.86 bits per heavy atom. The highest BCUT2D eigenvalue weighted by molar-refractivity contribution is 5.45. The van der Waals surface area contributed by atoms with Crippen molar-refractivity contribution in [3.8, 4) is 0 Å². The molecule has 0 spiro atoms. The third-order valence-corrected chi connectivity index (χ3v) is 2.26. The quantitative estimate of drug-likeness (QED) is 0.713. The molecule has 1 aromatic rings. The molecule has 0 aliphatic carbocycles. The van der Waals surface area contributed by atoms with Crippen LogP contribution in [0.1, 0.15) is 12.5 Å². The summed E-state index contributed by atoms with van der Waals surface area (Å²) < 4.78 is 5.03. The van der Waals surface area contributed by atoms with E-state index in [1.807, 2.05) is 12.4 Å². The van der Waals surface area contributed by atoms with E-state index in [2.05, 4.69) is 29.9 Å². The number of anilines is 1. The van der Waals surface area contributed by atoms with Gasteiger partial charge in [0.15, 0.2) is 0 Å². The number of hydrogen-bond acceptors (Lipinski definition) is 3. The standard InChI is InChI=1S/C11H18N2O/c1-4-10-7-11(9-12-8-10)13(2)5-6-14-3/h7-9H,4-6H2,1-3H3. The van der Waals surface area contributed by atoms with Crippen molar-refractivity contribution in [2.24, 2.45) is 0 Å². The van der Waals surface area contributed by atoms with E-state index in [9.17, 15) is 0 Å². The molecule has 14 heavy (non-hydrogen) atoms. The smallest absolute Gasteiger partial charge is 0.0637 e. The summed E-state index contributed by atoms with van der Waals surface area (Å²) in [5, 5.41) is 0. The molecule has 0 aliphatic heterocycles. The fourth-order valence-electron chi connectivity index (χ4n) is 1.23. The van der Waals surface area contributed by atoms with Crippen LogP contribution in [0.5, 0.6) is 0 Å². The van der Waals surface area contributed by atoms with Crippen LogP contribution >= 0.6 is 0 Å². The lowest BCUT2D eigenvalue weighted by molar-refractivity contribution is 0.206. The highest BCUT2D eigenvalue weighted by Gasteiger charge is 2.01. The van der Waals surface area contributed by atoms with E-state index in [0.29, 0.717) is 0 Å². The largest absolute Gasteiger partial charge is 0.383 e. The van der Waals surface area contributed by atoms with E-state index in [1.54, 1.807) is 7.11 Å². The van der Waals surface area contributed by atoms with Crippen LogP contribution in [0, 0.1) is 0 Å². The summed E-state index contributed by atoms with van der Waals surface area (Å²) in [4.78, 5) is 6.35. The van der Waals surface area contributed by atoms with Crippen molar-refractivity contribution >= 4 is 5.69 Å². The molecule has 0 bridgehead atoms. The summed E-state index contributed by atoms with van der Waals surface area (Å²) in [6, 6.07) is 2.17. The third-order valence-electron chi connectivity index (χ3n) is 2.26. The number of aryl methyl sites for hydroxylation is 1. The van der Waals surface area contributed by atoms with Crippen LogP contribution in [0.2, 0.25) is 0 Å². The molecule has 0 radical (unpaired) electrons. The van der Waals surface area contributed by atoms with Crippen molar-refractivity contribution < 1.29 is 4.74 Å². The van der Waals surface area contributed by atoms with Gasteiger partial charge >= 0.3 is 0 Å². The summed E-state index contributed by atoms with van der Waals surface area (Å²) in [7, 11) is 3.77. The van der Waals surface area contributed by atoms with Gasteiger partial charge in [-0.25, -0.2) is 0 Å². The van der Waals surface area contributed by atoms with Crippen molar-refractivity contribution in [1.29, 1.82) is 0 Å². The van der Waals surface area contributed by atoms with Gasteiger partial charge in [-0.15, -0.1) is 0 Å². The molecule has 1 aromatic heterocycles. The van der Waals surface area contributed by atoms with Crippen molar-refractivity contribution in [2.45, 2.75) is 13.3 Å². The number of nitrogens with zero attached hydrogens (tertiary/aromatic N) is 2. The number of pyridine rings is 1. The molecular weight excluding hydrogens is 176 g/mol. The molecule has 0 saturated carbocycles. The van der Waals surface area contributed by atoms with Gasteiger partial charge < -0.3 is 9.64 Å². The van der Waals surface area contributed by atoms with Gasteiger partial charge in [0.1, 0.15) is 0 Å². The average Bonchev–Trinajstić information content (AvgIpc) is 2.26. The van der Waals surface area contributed by atoms with Gasteiger partial charge in [-0.05, 0) is 18.1 Å². The van der Waals surface area contributed by atoms with Gasteiger partial charge in [-0.3, -0.25) is 4.98 Å². The monoisotopic (exact) mass is 194 g/mol. The number of hydrogen-bond donors (Lipinski definition) is 0. The second-order valence-corrected chi connectivity index (χ2v) is 3.32. The van der Waals surface area contributed by atoms with E-state index in [0.717, 1.165) is 25.3 Å². The Hall–Kier alpha value is -1.09. The van der Waals surface area contributed by atoms with Gasteiger partial charge in [0.25, 0.3) is 0 Å². The highest BCUT2D eigenvalue weighted by atomic mass is 16.5. The van der Waals surface area contributed by atoms with Gasteiger partial charge in [0.05, 0.1) is 18.5 Å². The maximum absolute atomic E-state index is 5.03. The summed E-state index contributed by atoms with van der Waals surface area (Å²) in [6.07, 6.45) is 4.82. The number of likely N-dealkylation sites (N-methyl/N-ethyl adjacent to an activating group) is 1. The van der Waals surface area contributed by atoms with E-state index in [1.165, 1.54) is 5.56 Å². The Kier molecular flexibility index (Phi) is 4.40. The van der Waals surface area contributed by atoms with Crippen LogP contribution in [0.4, 0.5) is 5.69 Å². The number of methoxy groups -OCH3 is 1. The predicted molar refractivity (Wildman–Crippen MR) is 58.8 cm³/mol. The summed E-state index contributed by atoms with van der Waals surface area (Å²) >= 11 is 0. The molecule has 0 saturated heterocycles. The second-order valence-electron chi connectivity index (χ2n) is 3.32. The van der Waals surface area contributed by atoms with E-state index < -0.39 is 0 Å². The van der Waals surface area contributed by atoms with Crippen molar-refractivity contribution in [3.05, 3.63) is 24.0 Å². The first-order valence-electron chi connectivity index (χ1n) is 4.92. The minimum atomic E-state index is 0.743. The molecule has 0 atom stereocenters. The molecule has 0 aliphatic rings. The van der Waals surface area contributed by atoms with Gasteiger partial charge in [-0.2, -0.15) is 0 Å². The lowest BCUT2D eigenvalue weighted by atomic mass is 10.2. The van der Waals surface area contributed by atoms with Crippen LogP contribution in [0.15, 0.2) is 18.5 Å². The molecule has 0 amide bonds. The van der Waals surface area contributed by atoms with Crippen molar-refractivity contribution in [3.63, 3.8) is 0 Å². The van der Waals surface area contributed by atoms with Crippen LogP contribution in [-0.2, 0) is 11.2 Å². The maximum atomic E-state index is 5.03. The lowest BCUT2D eigenvalue weighted by Gasteiger charge is -2.18. The minimum absolute atomic E-state index is 0.743. The van der Waals surface area contributed by atoms with E-state index in [4.69, 9.17) is 4.74 Å². The summed E-state index contributed by atoms with van der Waals surface area (Å²) in [6.45, 7) is 3.77.